The summed E-state index contributed by atoms with van der Waals surface area (Å²) in [5.41, 5.74) is 1.95. The first-order valence-electron chi connectivity index (χ1n) is 7.11. The molecular weight excluding hydrogens is 302 g/mol. The second-order valence-electron chi connectivity index (χ2n) is 5.06. The zero-order valence-corrected chi connectivity index (χ0v) is 13.4. The molecule has 0 aliphatic heterocycles. The molecule has 22 heavy (non-hydrogen) atoms. The number of hydrogen-bond acceptors (Lipinski definition) is 3. The van der Waals surface area contributed by atoms with Crippen LogP contribution in [0.25, 0.3) is 0 Å². The zero-order chi connectivity index (χ0) is 16.1. The van der Waals surface area contributed by atoms with Gasteiger partial charge in [0.05, 0.1) is 6.33 Å². The summed E-state index contributed by atoms with van der Waals surface area (Å²) in [6.07, 6.45) is 3.09. The van der Waals surface area contributed by atoms with Crippen molar-refractivity contribution in [2.45, 2.75) is 33.2 Å². The van der Waals surface area contributed by atoms with E-state index in [0.29, 0.717) is 10.7 Å². The molecule has 1 N–H and O–H groups in total. The molecular formula is C16H18ClN3O2. The van der Waals surface area contributed by atoms with E-state index in [2.05, 4.69) is 10.3 Å². The number of carbonyl (C=O) groups excluding carboxylic acids is 1. The third kappa shape index (κ3) is 3.95. The number of carbonyl (C=O) groups is 1. The van der Waals surface area contributed by atoms with Gasteiger partial charge < -0.3 is 5.32 Å². The lowest BCUT2D eigenvalue weighted by Gasteiger charge is -2.10. The molecule has 0 saturated heterocycles. The average Bonchev–Trinajstić information content (AvgIpc) is 2.47. The summed E-state index contributed by atoms with van der Waals surface area (Å²) in [5.74, 6) is -0.294. The SMILES string of the molecule is CCCc1cc(=O)n(CC(=O)Nc2cccc(Cl)c2C)cn1. The lowest BCUT2D eigenvalue weighted by Crippen LogP contribution is -2.28. The number of nitrogens with one attached hydrogen (secondary N) is 1. The highest BCUT2D eigenvalue weighted by Crippen LogP contribution is 2.22. The van der Waals surface area contributed by atoms with Gasteiger partial charge in [-0.05, 0) is 31.0 Å². The summed E-state index contributed by atoms with van der Waals surface area (Å²) in [6, 6.07) is 6.76. The predicted octanol–water partition coefficient (Wildman–Crippen LogP) is 2.80. The highest BCUT2D eigenvalue weighted by Gasteiger charge is 2.09. The molecule has 2 aromatic rings. The van der Waals surface area contributed by atoms with Crippen LogP contribution in [-0.4, -0.2) is 15.5 Å². The van der Waals surface area contributed by atoms with Gasteiger partial charge in [0.15, 0.2) is 0 Å². The summed E-state index contributed by atoms with van der Waals surface area (Å²) in [4.78, 5) is 28.2. The first-order valence-corrected chi connectivity index (χ1v) is 7.49. The van der Waals surface area contributed by atoms with Crippen molar-refractivity contribution in [3.05, 3.63) is 57.2 Å². The first kappa shape index (κ1) is 16.2. The molecule has 1 aromatic carbocycles. The van der Waals surface area contributed by atoms with Crippen LogP contribution < -0.4 is 10.9 Å². The standard InChI is InChI=1S/C16H18ClN3O2/c1-3-5-12-8-16(22)20(10-18-12)9-15(21)19-14-7-4-6-13(17)11(14)2/h4,6-8,10H,3,5,9H2,1-2H3,(H,19,21). The fourth-order valence-electron chi connectivity index (χ4n) is 2.06. The van der Waals surface area contributed by atoms with E-state index in [1.165, 1.54) is 17.0 Å². The number of hydrogen-bond donors (Lipinski definition) is 1. The van der Waals surface area contributed by atoms with Crippen molar-refractivity contribution in [2.75, 3.05) is 5.32 Å². The minimum atomic E-state index is -0.294. The van der Waals surface area contributed by atoms with Crippen molar-refractivity contribution >= 4 is 23.2 Å². The van der Waals surface area contributed by atoms with E-state index in [4.69, 9.17) is 11.6 Å². The summed E-state index contributed by atoms with van der Waals surface area (Å²) >= 11 is 6.01. The Labute approximate surface area is 134 Å². The minimum Gasteiger partial charge on any atom is -0.324 e. The van der Waals surface area contributed by atoms with E-state index < -0.39 is 0 Å². The maximum absolute atomic E-state index is 12.1. The number of amides is 1. The molecule has 5 nitrogen and oxygen atoms in total. The minimum absolute atomic E-state index is 0.0792. The van der Waals surface area contributed by atoms with Gasteiger partial charge in [-0.25, -0.2) is 4.98 Å². The molecule has 2 rings (SSSR count). The van der Waals surface area contributed by atoms with Crippen LogP contribution in [0, 0.1) is 6.92 Å². The van der Waals surface area contributed by atoms with Gasteiger partial charge in [-0.3, -0.25) is 14.2 Å². The van der Waals surface area contributed by atoms with Gasteiger partial charge in [0, 0.05) is 22.5 Å². The van der Waals surface area contributed by atoms with Gasteiger partial charge in [-0.15, -0.1) is 0 Å². The molecule has 116 valence electrons. The maximum atomic E-state index is 12.1. The van der Waals surface area contributed by atoms with Crippen LogP contribution in [0.15, 0.2) is 35.4 Å². The second-order valence-corrected chi connectivity index (χ2v) is 5.46. The molecule has 0 bridgehead atoms. The van der Waals surface area contributed by atoms with Crippen molar-refractivity contribution in [1.82, 2.24) is 9.55 Å². The Morgan fingerprint density at radius 2 is 2.18 bits per heavy atom. The van der Waals surface area contributed by atoms with E-state index in [1.54, 1.807) is 18.2 Å². The molecule has 0 unspecified atom stereocenters. The third-order valence-electron chi connectivity index (χ3n) is 3.30. The van der Waals surface area contributed by atoms with Crippen LogP contribution in [0.5, 0.6) is 0 Å². The Balaban J connectivity index is 2.09. The Morgan fingerprint density at radius 3 is 2.86 bits per heavy atom. The number of nitrogens with zero attached hydrogens (tertiary/aromatic N) is 2. The number of halogens is 1. The van der Waals surface area contributed by atoms with Gasteiger partial charge >= 0.3 is 0 Å². The number of rotatable bonds is 5. The fraction of sp³-hybridized carbons (Fsp3) is 0.312. The molecule has 1 aromatic heterocycles. The molecule has 0 aliphatic rings. The van der Waals surface area contributed by atoms with Crippen molar-refractivity contribution in [2.24, 2.45) is 0 Å². The monoisotopic (exact) mass is 319 g/mol. The molecule has 0 spiro atoms. The summed E-state index contributed by atoms with van der Waals surface area (Å²) < 4.78 is 1.29. The first-order chi connectivity index (χ1) is 10.5. The summed E-state index contributed by atoms with van der Waals surface area (Å²) in [5, 5.41) is 3.34. The van der Waals surface area contributed by atoms with Crippen LogP contribution in [0.2, 0.25) is 5.02 Å². The Hall–Kier alpha value is -2.14. The molecule has 1 heterocycles. The van der Waals surface area contributed by atoms with Crippen molar-refractivity contribution in [3.8, 4) is 0 Å². The van der Waals surface area contributed by atoms with Crippen LogP contribution in [0.4, 0.5) is 5.69 Å². The highest BCUT2D eigenvalue weighted by molar-refractivity contribution is 6.31. The second kappa shape index (κ2) is 7.22. The topological polar surface area (TPSA) is 64.0 Å². The molecule has 0 saturated carbocycles. The lowest BCUT2D eigenvalue weighted by atomic mass is 10.2. The van der Waals surface area contributed by atoms with Gasteiger partial charge in [0.25, 0.3) is 5.56 Å². The van der Waals surface area contributed by atoms with Crippen LogP contribution >= 0.6 is 11.6 Å². The van der Waals surface area contributed by atoms with Crippen molar-refractivity contribution < 1.29 is 4.79 Å². The normalized spacial score (nSPS) is 10.5. The number of benzene rings is 1. The molecule has 0 atom stereocenters. The zero-order valence-electron chi connectivity index (χ0n) is 12.6. The van der Waals surface area contributed by atoms with Gasteiger partial charge in [-0.1, -0.05) is 31.0 Å². The summed E-state index contributed by atoms with van der Waals surface area (Å²) in [7, 11) is 0. The smallest absolute Gasteiger partial charge is 0.253 e. The van der Waals surface area contributed by atoms with E-state index in [0.717, 1.165) is 24.1 Å². The third-order valence-corrected chi connectivity index (χ3v) is 3.71. The predicted molar refractivity (Wildman–Crippen MR) is 87.3 cm³/mol. The number of anilines is 1. The largest absolute Gasteiger partial charge is 0.324 e. The van der Waals surface area contributed by atoms with Gasteiger partial charge in [-0.2, -0.15) is 0 Å². The molecule has 0 radical (unpaired) electrons. The Kier molecular flexibility index (Phi) is 5.33. The molecule has 1 amide bonds. The molecule has 6 heteroatoms. The van der Waals surface area contributed by atoms with E-state index in [9.17, 15) is 9.59 Å². The average molecular weight is 320 g/mol. The van der Waals surface area contributed by atoms with Crippen molar-refractivity contribution in [3.63, 3.8) is 0 Å². The van der Waals surface area contributed by atoms with E-state index in [1.807, 2.05) is 13.8 Å². The Bertz CT molecular complexity index is 740. The van der Waals surface area contributed by atoms with E-state index >= 15 is 0 Å². The van der Waals surface area contributed by atoms with Crippen LogP contribution in [-0.2, 0) is 17.8 Å². The summed E-state index contributed by atoms with van der Waals surface area (Å²) in [6.45, 7) is 3.77. The van der Waals surface area contributed by atoms with Gasteiger partial charge in [0.1, 0.15) is 6.54 Å². The van der Waals surface area contributed by atoms with Gasteiger partial charge in [0.2, 0.25) is 5.91 Å². The quantitative estimate of drug-likeness (QED) is 0.921. The maximum Gasteiger partial charge on any atom is 0.253 e. The molecule has 0 aliphatic carbocycles. The lowest BCUT2D eigenvalue weighted by molar-refractivity contribution is -0.116. The van der Waals surface area contributed by atoms with E-state index in [-0.39, 0.29) is 18.0 Å². The number of aromatic nitrogens is 2. The Morgan fingerprint density at radius 1 is 1.41 bits per heavy atom. The fourth-order valence-corrected chi connectivity index (χ4v) is 2.24. The molecule has 0 fully saturated rings. The highest BCUT2D eigenvalue weighted by atomic mass is 35.5. The van der Waals surface area contributed by atoms with Crippen LogP contribution in [0.3, 0.4) is 0 Å². The van der Waals surface area contributed by atoms with Crippen molar-refractivity contribution in [1.29, 1.82) is 0 Å². The number of aryl methyl sites for hydroxylation is 1. The van der Waals surface area contributed by atoms with Crippen LogP contribution in [0.1, 0.15) is 24.6 Å².